The molecule has 1 N–H and O–H groups in total. The lowest BCUT2D eigenvalue weighted by atomic mass is 10.1. The van der Waals surface area contributed by atoms with Crippen LogP contribution in [0.3, 0.4) is 0 Å². The molecule has 0 aliphatic heterocycles. The molecule has 2 aromatic carbocycles. The second-order valence-electron chi connectivity index (χ2n) is 5.70. The molecular weight excluding hydrogens is 383 g/mol. The van der Waals surface area contributed by atoms with Crippen molar-refractivity contribution in [3.05, 3.63) is 71.4 Å². The van der Waals surface area contributed by atoms with Gasteiger partial charge in [-0.1, -0.05) is 23.4 Å². The molecule has 0 radical (unpaired) electrons. The number of hydrogen-bond acceptors (Lipinski definition) is 5. The van der Waals surface area contributed by atoms with Gasteiger partial charge in [0.15, 0.2) is 5.82 Å². The fourth-order valence-corrected chi connectivity index (χ4v) is 3.48. The molecule has 1 aromatic heterocycles. The molecular formula is C17H14F3N3O3S. The summed E-state index contributed by atoms with van der Waals surface area (Å²) in [6.07, 6.45) is -4.34. The maximum atomic E-state index is 12.6. The van der Waals surface area contributed by atoms with Gasteiger partial charge in [0, 0.05) is 0 Å². The van der Waals surface area contributed by atoms with Crippen LogP contribution in [0.15, 0.2) is 57.9 Å². The molecule has 142 valence electrons. The molecule has 0 saturated carbocycles. The molecule has 0 saturated heterocycles. The standard InChI is InChI=1S/C17H14F3N3O3S/c1-11-21-16(26-22-11)10-12-4-2-3-5-15(12)23-27(24,25)14-8-6-13(7-9-14)17(18,19)20/h2-9,23H,10H2,1H3. The van der Waals surface area contributed by atoms with Gasteiger partial charge in [-0.25, -0.2) is 8.42 Å². The van der Waals surface area contributed by atoms with Crippen molar-refractivity contribution >= 4 is 15.7 Å². The van der Waals surface area contributed by atoms with E-state index in [1.807, 2.05) is 0 Å². The van der Waals surface area contributed by atoms with Gasteiger partial charge < -0.3 is 4.52 Å². The average Bonchev–Trinajstić information content (AvgIpc) is 3.01. The number of nitrogens with one attached hydrogen (secondary N) is 1. The van der Waals surface area contributed by atoms with Crippen LogP contribution in [0.1, 0.15) is 22.8 Å². The number of hydrogen-bond donors (Lipinski definition) is 1. The Bertz CT molecular complexity index is 1050. The smallest absolute Gasteiger partial charge is 0.339 e. The largest absolute Gasteiger partial charge is 0.416 e. The molecule has 27 heavy (non-hydrogen) atoms. The number of para-hydroxylation sites is 1. The first kappa shape index (κ1) is 18.9. The Hall–Kier alpha value is -2.88. The first-order valence-corrected chi connectivity index (χ1v) is 9.21. The zero-order valence-electron chi connectivity index (χ0n) is 14.0. The highest BCUT2D eigenvalue weighted by atomic mass is 32.2. The summed E-state index contributed by atoms with van der Waals surface area (Å²) in [5.41, 5.74) is -0.0708. The van der Waals surface area contributed by atoms with Crippen molar-refractivity contribution in [2.24, 2.45) is 0 Å². The molecule has 0 atom stereocenters. The van der Waals surface area contributed by atoms with E-state index in [4.69, 9.17) is 4.52 Å². The Balaban J connectivity index is 1.86. The van der Waals surface area contributed by atoms with Crippen molar-refractivity contribution in [2.75, 3.05) is 4.72 Å². The van der Waals surface area contributed by atoms with E-state index in [1.54, 1.807) is 31.2 Å². The topological polar surface area (TPSA) is 85.1 Å². The number of nitrogens with zero attached hydrogens (tertiary/aromatic N) is 2. The Morgan fingerprint density at radius 1 is 1.07 bits per heavy atom. The van der Waals surface area contributed by atoms with E-state index in [1.165, 1.54) is 0 Å². The zero-order valence-corrected chi connectivity index (χ0v) is 14.8. The minimum atomic E-state index is -4.54. The van der Waals surface area contributed by atoms with Gasteiger partial charge in [-0.3, -0.25) is 4.72 Å². The lowest BCUT2D eigenvalue weighted by Gasteiger charge is -2.12. The van der Waals surface area contributed by atoms with Gasteiger partial charge in [-0.05, 0) is 42.8 Å². The quantitative estimate of drug-likeness (QED) is 0.708. The van der Waals surface area contributed by atoms with Crippen LogP contribution in [0, 0.1) is 6.92 Å². The zero-order chi connectivity index (χ0) is 19.7. The first-order chi connectivity index (χ1) is 12.6. The molecule has 0 aliphatic rings. The summed E-state index contributed by atoms with van der Waals surface area (Å²) >= 11 is 0. The second kappa shape index (κ2) is 7.03. The van der Waals surface area contributed by atoms with Gasteiger partial charge >= 0.3 is 6.18 Å². The summed E-state index contributed by atoms with van der Waals surface area (Å²) in [4.78, 5) is 3.79. The second-order valence-corrected chi connectivity index (χ2v) is 7.38. The maximum Gasteiger partial charge on any atom is 0.416 e. The third kappa shape index (κ3) is 4.45. The van der Waals surface area contributed by atoms with Crippen LogP contribution in [0.4, 0.5) is 18.9 Å². The fourth-order valence-electron chi connectivity index (χ4n) is 2.38. The van der Waals surface area contributed by atoms with Crippen LogP contribution in [-0.2, 0) is 22.6 Å². The minimum Gasteiger partial charge on any atom is -0.339 e. The van der Waals surface area contributed by atoms with Crippen molar-refractivity contribution in [2.45, 2.75) is 24.4 Å². The molecule has 3 rings (SSSR count). The summed E-state index contributed by atoms with van der Waals surface area (Å²) in [7, 11) is -4.07. The summed E-state index contributed by atoms with van der Waals surface area (Å²) < 4.78 is 70.4. The van der Waals surface area contributed by atoms with E-state index in [2.05, 4.69) is 14.9 Å². The van der Waals surface area contributed by atoms with Gasteiger partial charge in [0.1, 0.15) is 0 Å². The number of alkyl halides is 3. The van der Waals surface area contributed by atoms with E-state index in [0.717, 1.165) is 24.3 Å². The van der Waals surface area contributed by atoms with Crippen LogP contribution >= 0.6 is 0 Å². The van der Waals surface area contributed by atoms with E-state index >= 15 is 0 Å². The third-order valence-electron chi connectivity index (χ3n) is 3.66. The summed E-state index contributed by atoms with van der Waals surface area (Å²) in [5, 5.41) is 3.68. The van der Waals surface area contributed by atoms with Crippen LogP contribution in [0.2, 0.25) is 0 Å². The number of halogens is 3. The Morgan fingerprint density at radius 3 is 2.33 bits per heavy atom. The maximum absolute atomic E-state index is 12.6. The van der Waals surface area contributed by atoms with E-state index in [9.17, 15) is 21.6 Å². The number of benzene rings is 2. The van der Waals surface area contributed by atoms with Crippen molar-refractivity contribution in [3.8, 4) is 0 Å². The molecule has 3 aromatic rings. The van der Waals surface area contributed by atoms with Gasteiger partial charge in [0.25, 0.3) is 10.0 Å². The molecule has 6 nitrogen and oxygen atoms in total. The molecule has 0 fully saturated rings. The number of aryl methyl sites for hydroxylation is 1. The van der Waals surface area contributed by atoms with Crippen molar-refractivity contribution in [3.63, 3.8) is 0 Å². The highest BCUT2D eigenvalue weighted by molar-refractivity contribution is 7.92. The van der Waals surface area contributed by atoms with Gasteiger partial charge in [-0.2, -0.15) is 18.2 Å². The van der Waals surface area contributed by atoms with Crippen LogP contribution in [-0.4, -0.2) is 18.6 Å². The Kier molecular flexibility index (Phi) is 4.92. The third-order valence-corrected chi connectivity index (χ3v) is 5.05. The molecule has 0 aliphatic carbocycles. The number of rotatable bonds is 5. The predicted octanol–water partition coefficient (Wildman–Crippen LogP) is 3.79. The SMILES string of the molecule is Cc1noc(Cc2ccccc2NS(=O)(=O)c2ccc(C(F)(F)F)cc2)n1. The summed E-state index contributed by atoms with van der Waals surface area (Å²) in [6, 6.07) is 9.85. The molecule has 0 amide bonds. The lowest BCUT2D eigenvalue weighted by Crippen LogP contribution is -2.15. The lowest BCUT2D eigenvalue weighted by molar-refractivity contribution is -0.137. The number of aromatic nitrogens is 2. The van der Waals surface area contributed by atoms with E-state index in [-0.39, 0.29) is 17.0 Å². The first-order valence-electron chi connectivity index (χ1n) is 7.72. The van der Waals surface area contributed by atoms with Gasteiger partial charge in [0.2, 0.25) is 5.89 Å². The van der Waals surface area contributed by atoms with E-state index < -0.39 is 21.8 Å². The normalized spacial score (nSPS) is 12.1. The molecule has 1 heterocycles. The van der Waals surface area contributed by atoms with Gasteiger partial charge in [0.05, 0.1) is 22.6 Å². The van der Waals surface area contributed by atoms with Crippen molar-refractivity contribution < 1.29 is 26.1 Å². The average molecular weight is 397 g/mol. The van der Waals surface area contributed by atoms with E-state index in [0.29, 0.717) is 17.3 Å². The summed E-state index contributed by atoms with van der Waals surface area (Å²) in [6.45, 7) is 1.66. The predicted molar refractivity (Wildman–Crippen MR) is 90.5 cm³/mol. The highest BCUT2D eigenvalue weighted by Crippen LogP contribution is 2.30. The van der Waals surface area contributed by atoms with Crippen LogP contribution < -0.4 is 4.72 Å². The number of sulfonamides is 1. The molecule has 0 bridgehead atoms. The monoisotopic (exact) mass is 397 g/mol. The van der Waals surface area contributed by atoms with Crippen molar-refractivity contribution in [1.29, 1.82) is 0 Å². The molecule has 0 spiro atoms. The summed E-state index contributed by atoms with van der Waals surface area (Å²) in [5.74, 6) is 0.765. The molecule has 0 unspecified atom stereocenters. The fraction of sp³-hybridized carbons (Fsp3) is 0.176. The number of anilines is 1. The minimum absolute atomic E-state index is 0.201. The highest BCUT2D eigenvalue weighted by Gasteiger charge is 2.30. The molecule has 10 heteroatoms. The van der Waals surface area contributed by atoms with Crippen LogP contribution in [0.5, 0.6) is 0 Å². The van der Waals surface area contributed by atoms with Crippen molar-refractivity contribution in [1.82, 2.24) is 10.1 Å². The Labute approximate surface area is 153 Å². The Morgan fingerprint density at radius 2 is 1.74 bits per heavy atom. The van der Waals surface area contributed by atoms with Gasteiger partial charge in [-0.15, -0.1) is 0 Å². The van der Waals surface area contributed by atoms with Crippen LogP contribution in [0.25, 0.3) is 0 Å².